The van der Waals surface area contributed by atoms with E-state index in [-0.39, 0.29) is 17.9 Å². The van der Waals surface area contributed by atoms with Crippen LogP contribution >= 0.6 is 23.7 Å². The Morgan fingerprint density at radius 3 is 2.67 bits per heavy atom. The van der Waals surface area contributed by atoms with Crippen molar-refractivity contribution in [3.8, 4) is 11.3 Å². The van der Waals surface area contributed by atoms with E-state index in [9.17, 15) is 13.2 Å². The molecule has 1 aromatic carbocycles. The average Bonchev–Trinajstić information content (AvgIpc) is 3.28. The minimum Gasteiger partial charge on any atom is -0.317 e. The standard InChI is InChI=1S/C20H18F3N5S.ClH/c1-28-10-13-6-12(7-14(18(13)27-28)20(21,22)23)15-8-17-16(9-25-15)26-19(29-17)11-2-4-24-5-3-11;/h6-11,24H,2-5H2,1H3;1H. The van der Waals surface area contributed by atoms with Gasteiger partial charge in [0.1, 0.15) is 5.52 Å². The van der Waals surface area contributed by atoms with Gasteiger partial charge in [0.15, 0.2) is 0 Å². The average molecular weight is 454 g/mol. The fourth-order valence-corrected chi connectivity index (χ4v) is 5.01. The molecule has 5 rings (SSSR count). The number of halogens is 4. The predicted molar refractivity (Wildman–Crippen MR) is 114 cm³/mol. The van der Waals surface area contributed by atoms with Gasteiger partial charge in [-0.25, -0.2) is 4.98 Å². The highest BCUT2D eigenvalue weighted by Crippen LogP contribution is 2.38. The number of nitrogens with zero attached hydrogens (tertiary/aromatic N) is 4. The summed E-state index contributed by atoms with van der Waals surface area (Å²) in [5.41, 5.74) is 0.944. The van der Waals surface area contributed by atoms with Crippen LogP contribution in [0.15, 0.2) is 30.6 Å². The number of hydrogen-bond acceptors (Lipinski definition) is 5. The molecule has 5 nitrogen and oxygen atoms in total. The molecule has 1 aliphatic rings. The lowest BCUT2D eigenvalue weighted by atomic mass is 9.99. The first-order chi connectivity index (χ1) is 13.9. The Bertz CT molecular complexity index is 1210. The van der Waals surface area contributed by atoms with Crippen LogP contribution in [0.3, 0.4) is 0 Å². The molecule has 158 valence electrons. The van der Waals surface area contributed by atoms with E-state index in [1.807, 2.05) is 6.07 Å². The van der Waals surface area contributed by atoms with Crippen molar-refractivity contribution in [2.24, 2.45) is 7.05 Å². The van der Waals surface area contributed by atoms with E-state index in [4.69, 9.17) is 4.98 Å². The molecular formula is C20H19ClF3N5S. The maximum atomic E-state index is 13.6. The lowest BCUT2D eigenvalue weighted by Crippen LogP contribution is -2.26. The molecule has 0 spiro atoms. The fourth-order valence-electron chi connectivity index (χ4n) is 3.87. The number of hydrogen-bond donors (Lipinski definition) is 1. The van der Waals surface area contributed by atoms with Gasteiger partial charge in [-0.1, -0.05) is 0 Å². The summed E-state index contributed by atoms with van der Waals surface area (Å²) in [6.07, 6.45) is 0.861. The molecule has 1 aliphatic heterocycles. The largest absolute Gasteiger partial charge is 0.418 e. The van der Waals surface area contributed by atoms with Gasteiger partial charge in [-0.3, -0.25) is 9.67 Å². The molecule has 1 fully saturated rings. The second-order valence-electron chi connectivity index (χ2n) is 7.38. The van der Waals surface area contributed by atoms with Gasteiger partial charge < -0.3 is 5.32 Å². The van der Waals surface area contributed by atoms with E-state index in [2.05, 4.69) is 15.4 Å². The van der Waals surface area contributed by atoms with Crippen LogP contribution in [-0.2, 0) is 13.2 Å². The minimum absolute atomic E-state index is 0. The summed E-state index contributed by atoms with van der Waals surface area (Å²) in [7, 11) is 1.61. The van der Waals surface area contributed by atoms with Gasteiger partial charge in [0.05, 0.1) is 32.7 Å². The van der Waals surface area contributed by atoms with Gasteiger partial charge in [-0.2, -0.15) is 18.3 Å². The summed E-state index contributed by atoms with van der Waals surface area (Å²) in [6.45, 7) is 1.96. The lowest BCUT2D eigenvalue weighted by Gasteiger charge is -2.20. The zero-order valence-electron chi connectivity index (χ0n) is 16.0. The molecule has 0 saturated carbocycles. The Balaban J connectivity index is 0.00000218. The van der Waals surface area contributed by atoms with Crippen LogP contribution in [0.4, 0.5) is 13.2 Å². The number of rotatable bonds is 2. The summed E-state index contributed by atoms with van der Waals surface area (Å²) >= 11 is 1.61. The summed E-state index contributed by atoms with van der Waals surface area (Å²) in [4.78, 5) is 9.13. The first kappa shape index (κ1) is 21.0. The van der Waals surface area contributed by atoms with Crippen molar-refractivity contribution in [1.29, 1.82) is 0 Å². The molecule has 4 heterocycles. The molecule has 0 bridgehead atoms. The van der Waals surface area contributed by atoms with Crippen molar-refractivity contribution in [1.82, 2.24) is 25.1 Å². The number of thiazole rings is 1. The Morgan fingerprint density at radius 2 is 1.93 bits per heavy atom. The van der Waals surface area contributed by atoms with Crippen LogP contribution < -0.4 is 5.32 Å². The third kappa shape index (κ3) is 3.77. The van der Waals surface area contributed by atoms with Crippen molar-refractivity contribution < 1.29 is 13.2 Å². The van der Waals surface area contributed by atoms with Crippen molar-refractivity contribution in [2.45, 2.75) is 24.9 Å². The molecule has 10 heteroatoms. The maximum absolute atomic E-state index is 13.6. The minimum atomic E-state index is -4.49. The number of nitrogens with one attached hydrogen (secondary N) is 1. The third-order valence-electron chi connectivity index (χ3n) is 5.30. The summed E-state index contributed by atoms with van der Waals surface area (Å²) < 4.78 is 43.2. The molecule has 0 atom stereocenters. The second-order valence-corrected chi connectivity index (χ2v) is 8.44. The Hall–Kier alpha value is -2.23. The Morgan fingerprint density at radius 1 is 1.17 bits per heavy atom. The second kappa shape index (κ2) is 7.79. The highest BCUT2D eigenvalue weighted by atomic mass is 35.5. The smallest absolute Gasteiger partial charge is 0.317 e. The van der Waals surface area contributed by atoms with Crippen molar-refractivity contribution in [2.75, 3.05) is 13.1 Å². The summed E-state index contributed by atoms with van der Waals surface area (Å²) in [5.74, 6) is 0.431. The van der Waals surface area contributed by atoms with Crippen LogP contribution in [0.2, 0.25) is 0 Å². The van der Waals surface area contributed by atoms with E-state index in [0.717, 1.165) is 47.2 Å². The lowest BCUT2D eigenvalue weighted by molar-refractivity contribution is -0.136. The molecule has 0 amide bonds. The normalized spacial score (nSPS) is 15.6. The summed E-state index contributed by atoms with van der Waals surface area (Å²) in [6, 6.07) is 4.69. The van der Waals surface area contributed by atoms with Gasteiger partial charge >= 0.3 is 6.18 Å². The first-order valence-electron chi connectivity index (χ1n) is 9.40. The number of piperidine rings is 1. The Labute approximate surface area is 180 Å². The topological polar surface area (TPSA) is 55.6 Å². The number of fused-ring (bicyclic) bond motifs is 2. The molecule has 4 aromatic rings. The van der Waals surface area contributed by atoms with Crippen molar-refractivity contribution >= 4 is 44.9 Å². The Kier molecular flexibility index (Phi) is 5.46. The van der Waals surface area contributed by atoms with Gasteiger partial charge in [0.2, 0.25) is 0 Å². The fraction of sp³-hybridized carbons (Fsp3) is 0.350. The zero-order chi connectivity index (χ0) is 20.2. The first-order valence-corrected chi connectivity index (χ1v) is 10.2. The van der Waals surface area contributed by atoms with Crippen LogP contribution in [0, 0.1) is 0 Å². The molecule has 1 N–H and O–H groups in total. The van der Waals surface area contributed by atoms with Gasteiger partial charge in [-0.05, 0) is 44.1 Å². The molecule has 0 aliphatic carbocycles. The monoisotopic (exact) mass is 453 g/mol. The van der Waals surface area contributed by atoms with Crippen LogP contribution in [0.5, 0.6) is 0 Å². The van der Waals surface area contributed by atoms with Gasteiger partial charge in [0.25, 0.3) is 0 Å². The highest BCUT2D eigenvalue weighted by molar-refractivity contribution is 7.18. The molecule has 3 aromatic heterocycles. The van der Waals surface area contributed by atoms with E-state index >= 15 is 0 Å². The van der Waals surface area contributed by atoms with Crippen LogP contribution in [-0.4, -0.2) is 32.8 Å². The third-order valence-corrected chi connectivity index (χ3v) is 6.48. The predicted octanol–water partition coefficient (Wildman–Crippen LogP) is 5.15. The number of alkyl halides is 3. The summed E-state index contributed by atoms with van der Waals surface area (Å²) in [5, 5.41) is 8.86. The molecule has 30 heavy (non-hydrogen) atoms. The molecular weight excluding hydrogens is 435 g/mol. The van der Waals surface area contributed by atoms with Crippen LogP contribution in [0.1, 0.15) is 29.3 Å². The van der Waals surface area contributed by atoms with Crippen LogP contribution in [0.25, 0.3) is 32.4 Å². The van der Waals surface area contributed by atoms with E-state index in [0.29, 0.717) is 22.6 Å². The SMILES string of the molecule is Cl.Cn1cc2cc(-c3cc4sc(C5CCNCC5)nc4cn3)cc(C(F)(F)F)c2n1. The molecule has 1 saturated heterocycles. The van der Waals surface area contributed by atoms with E-state index < -0.39 is 11.7 Å². The van der Waals surface area contributed by atoms with E-state index in [1.54, 1.807) is 36.8 Å². The highest BCUT2D eigenvalue weighted by Gasteiger charge is 2.34. The number of benzene rings is 1. The van der Waals surface area contributed by atoms with Gasteiger partial charge in [-0.15, -0.1) is 23.7 Å². The van der Waals surface area contributed by atoms with E-state index in [1.165, 1.54) is 4.68 Å². The quantitative estimate of drug-likeness (QED) is 0.456. The number of aryl methyl sites for hydroxylation is 1. The number of aromatic nitrogens is 4. The zero-order valence-corrected chi connectivity index (χ0v) is 17.7. The van der Waals surface area contributed by atoms with Gasteiger partial charge in [0, 0.05) is 30.1 Å². The number of pyridine rings is 1. The molecule has 0 radical (unpaired) electrons. The maximum Gasteiger partial charge on any atom is 0.418 e. The van der Waals surface area contributed by atoms with Crippen molar-refractivity contribution in [3.05, 3.63) is 41.2 Å². The molecule has 0 unspecified atom stereocenters. The van der Waals surface area contributed by atoms with Crippen molar-refractivity contribution in [3.63, 3.8) is 0 Å².